The van der Waals surface area contributed by atoms with Gasteiger partial charge in [-0.1, -0.05) is 32.0 Å². The Morgan fingerprint density at radius 1 is 1.20 bits per heavy atom. The first-order valence-electron chi connectivity index (χ1n) is 8.85. The molecule has 136 valence electrons. The van der Waals surface area contributed by atoms with Crippen LogP contribution >= 0.6 is 11.3 Å². The Balaban J connectivity index is 1.96. The predicted octanol–water partition coefficient (Wildman–Crippen LogP) is 3.89. The number of hydrogen-bond donors (Lipinski definition) is 1. The number of amides is 1. The molecule has 0 radical (unpaired) electrons. The number of benzene rings is 1. The highest BCUT2D eigenvalue weighted by molar-refractivity contribution is 7.09. The highest BCUT2D eigenvalue weighted by Gasteiger charge is 2.19. The van der Waals surface area contributed by atoms with Crippen LogP contribution in [0.2, 0.25) is 0 Å². The number of likely N-dealkylation sites (N-methyl/N-ethyl adjacent to an activating group) is 1. The number of carbonyl (C=O) groups is 1. The smallest absolute Gasteiger partial charge is 0.220 e. The van der Waals surface area contributed by atoms with Gasteiger partial charge in [0, 0.05) is 17.8 Å². The third kappa shape index (κ3) is 5.87. The van der Waals surface area contributed by atoms with E-state index in [2.05, 4.69) is 42.3 Å². The molecule has 2 rings (SSSR count). The average molecular weight is 361 g/mol. The highest BCUT2D eigenvalue weighted by Crippen LogP contribution is 2.22. The minimum absolute atomic E-state index is 0.110. The molecule has 1 N–H and O–H groups in total. The summed E-state index contributed by atoms with van der Waals surface area (Å²) in [5, 5.41) is 5.16. The summed E-state index contributed by atoms with van der Waals surface area (Å²) in [6, 6.07) is 12.4. The van der Waals surface area contributed by atoms with Crippen molar-refractivity contribution in [3.05, 3.63) is 52.2 Å². The molecule has 1 aromatic carbocycles. The zero-order valence-electron chi connectivity index (χ0n) is 15.3. The van der Waals surface area contributed by atoms with Crippen molar-refractivity contribution < 1.29 is 9.53 Å². The molecule has 1 amide bonds. The lowest BCUT2D eigenvalue weighted by Gasteiger charge is -2.30. The zero-order chi connectivity index (χ0) is 18.1. The Morgan fingerprint density at radius 3 is 2.48 bits per heavy atom. The topological polar surface area (TPSA) is 41.6 Å². The molecule has 0 aliphatic carbocycles. The summed E-state index contributed by atoms with van der Waals surface area (Å²) < 4.78 is 5.25. The van der Waals surface area contributed by atoms with Crippen LogP contribution < -0.4 is 10.1 Å². The van der Waals surface area contributed by atoms with Gasteiger partial charge in [0.2, 0.25) is 5.91 Å². The molecular formula is C20H28N2O2S. The van der Waals surface area contributed by atoms with Gasteiger partial charge in [-0.05, 0) is 48.7 Å². The van der Waals surface area contributed by atoms with Crippen molar-refractivity contribution in [2.45, 2.75) is 32.7 Å². The van der Waals surface area contributed by atoms with Crippen molar-refractivity contribution >= 4 is 17.2 Å². The molecule has 0 fully saturated rings. The van der Waals surface area contributed by atoms with E-state index in [0.717, 1.165) is 25.3 Å². The Bertz CT molecular complexity index is 622. The van der Waals surface area contributed by atoms with Gasteiger partial charge < -0.3 is 10.1 Å². The fraction of sp³-hybridized carbons (Fsp3) is 0.450. The van der Waals surface area contributed by atoms with Gasteiger partial charge in [-0.15, -0.1) is 11.3 Å². The molecule has 1 unspecified atom stereocenters. The SMILES string of the molecule is CCN(CC)C(CNC(=O)CCc1cccs1)c1ccc(OC)cc1. The Hall–Kier alpha value is -1.85. The van der Waals surface area contributed by atoms with E-state index in [4.69, 9.17) is 4.74 Å². The summed E-state index contributed by atoms with van der Waals surface area (Å²) in [6.45, 7) is 6.81. The minimum atomic E-state index is 0.110. The van der Waals surface area contributed by atoms with Crippen LogP contribution in [0.3, 0.4) is 0 Å². The maximum absolute atomic E-state index is 12.2. The van der Waals surface area contributed by atoms with E-state index >= 15 is 0 Å². The second kappa shape index (κ2) is 10.2. The molecule has 1 heterocycles. The van der Waals surface area contributed by atoms with E-state index in [9.17, 15) is 4.79 Å². The van der Waals surface area contributed by atoms with E-state index in [-0.39, 0.29) is 11.9 Å². The average Bonchev–Trinajstić information content (AvgIpc) is 3.17. The second-order valence-corrected chi connectivity index (χ2v) is 6.93. The lowest BCUT2D eigenvalue weighted by atomic mass is 10.0. The number of rotatable bonds is 10. The molecule has 1 aromatic heterocycles. The third-order valence-electron chi connectivity index (χ3n) is 4.42. The number of hydrogen-bond acceptors (Lipinski definition) is 4. The van der Waals surface area contributed by atoms with Crippen LogP contribution in [0, 0.1) is 0 Å². The fourth-order valence-corrected chi connectivity index (χ4v) is 3.65. The van der Waals surface area contributed by atoms with E-state index < -0.39 is 0 Å². The van der Waals surface area contributed by atoms with Crippen molar-refractivity contribution in [1.82, 2.24) is 10.2 Å². The van der Waals surface area contributed by atoms with Crippen molar-refractivity contribution in [1.29, 1.82) is 0 Å². The maximum Gasteiger partial charge on any atom is 0.220 e. The van der Waals surface area contributed by atoms with Gasteiger partial charge in [-0.25, -0.2) is 0 Å². The van der Waals surface area contributed by atoms with Gasteiger partial charge in [0.25, 0.3) is 0 Å². The van der Waals surface area contributed by atoms with E-state index in [1.807, 2.05) is 23.6 Å². The van der Waals surface area contributed by atoms with Crippen LogP contribution in [0.15, 0.2) is 41.8 Å². The normalized spacial score (nSPS) is 12.2. The van der Waals surface area contributed by atoms with Crippen LogP contribution in [-0.2, 0) is 11.2 Å². The molecule has 0 bridgehead atoms. The lowest BCUT2D eigenvalue weighted by molar-refractivity contribution is -0.121. The molecule has 0 spiro atoms. The maximum atomic E-state index is 12.2. The molecule has 0 saturated heterocycles. The van der Waals surface area contributed by atoms with Gasteiger partial charge >= 0.3 is 0 Å². The first kappa shape index (κ1) is 19.5. The fourth-order valence-electron chi connectivity index (χ4n) is 2.94. The summed E-state index contributed by atoms with van der Waals surface area (Å²) in [6.07, 6.45) is 1.34. The standard InChI is InChI=1S/C20H28N2O2S/c1-4-22(5-2)19(16-8-10-17(24-3)11-9-16)15-21-20(23)13-12-18-7-6-14-25-18/h6-11,14,19H,4-5,12-13,15H2,1-3H3,(H,21,23). The van der Waals surface area contributed by atoms with Crippen molar-refractivity contribution in [2.75, 3.05) is 26.7 Å². The molecule has 5 heteroatoms. The number of aryl methyl sites for hydroxylation is 1. The molecule has 0 aliphatic heterocycles. The minimum Gasteiger partial charge on any atom is -0.497 e. The zero-order valence-corrected chi connectivity index (χ0v) is 16.1. The van der Waals surface area contributed by atoms with Gasteiger partial charge in [0.15, 0.2) is 0 Å². The second-order valence-electron chi connectivity index (χ2n) is 5.89. The van der Waals surface area contributed by atoms with Gasteiger partial charge in [0.1, 0.15) is 5.75 Å². The van der Waals surface area contributed by atoms with E-state index in [1.54, 1.807) is 18.4 Å². The molecule has 0 aliphatic rings. The monoisotopic (exact) mass is 360 g/mol. The van der Waals surface area contributed by atoms with Crippen LogP contribution in [0.4, 0.5) is 0 Å². The number of thiophene rings is 1. The molecular weight excluding hydrogens is 332 g/mol. The van der Waals surface area contributed by atoms with Crippen LogP contribution in [0.1, 0.15) is 36.8 Å². The number of methoxy groups -OCH3 is 1. The van der Waals surface area contributed by atoms with Gasteiger partial charge in [-0.2, -0.15) is 0 Å². The summed E-state index contributed by atoms with van der Waals surface area (Å²) in [5.74, 6) is 0.959. The molecule has 2 aromatic rings. The first-order chi connectivity index (χ1) is 12.2. The molecule has 0 saturated carbocycles. The molecule has 25 heavy (non-hydrogen) atoms. The summed E-state index contributed by atoms with van der Waals surface area (Å²) in [7, 11) is 1.67. The van der Waals surface area contributed by atoms with Crippen molar-refractivity contribution in [3.8, 4) is 5.75 Å². The van der Waals surface area contributed by atoms with E-state index in [0.29, 0.717) is 13.0 Å². The largest absolute Gasteiger partial charge is 0.497 e. The number of nitrogens with zero attached hydrogens (tertiary/aromatic N) is 1. The van der Waals surface area contributed by atoms with Crippen LogP contribution in [0.25, 0.3) is 0 Å². The Labute approximate surface area is 154 Å². The first-order valence-corrected chi connectivity index (χ1v) is 9.73. The van der Waals surface area contributed by atoms with Gasteiger partial charge in [0.05, 0.1) is 13.2 Å². The summed E-state index contributed by atoms with van der Waals surface area (Å²) in [5.41, 5.74) is 1.20. The summed E-state index contributed by atoms with van der Waals surface area (Å²) in [4.78, 5) is 15.8. The number of ether oxygens (including phenoxy) is 1. The Kier molecular flexibility index (Phi) is 7.95. The Morgan fingerprint density at radius 2 is 1.92 bits per heavy atom. The quantitative estimate of drug-likeness (QED) is 0.699. The predicted molar refractivity (Wildman–Crippen MR) is 104 cm³/mol. The van der Waals surface area contributed by atoms with E-state index in [1.165, 1.54) is 10.4 Å². The molecule has 4 nitrogen and oxygen atoms in total. The van der Waals surface area contributed by atoms with Crippen molar-refractivity contribution in [3.63, 3.8) is 0 Å². The summed E-state index contributed by atoms with van der Waals surface area (Å²) >= 11 is 1.70. The van der Waals surface area contributed by atoms with Crippen LogP contribution in [0.5, 0.6) is 5.75 Å². The van der Waals surface area contributed by atoms with Crippen LogP contribution in [-0.4, -0.2) is 37.6 Å². The van der Waals surface area contributed by atoms with Gasteiger partial charge in [-0.3, -0.25) is 9.69 Å². The number of nitrogens with one attached hydrogen (secondary N) is 1. The number of carbonyl (C=O) groups excluding carboxylic acids is 1. The highest BCUT2D eigenvalue weighted by atomic mass is 32.1. The lowest BCUT2D eigenvalue weighted by Crippen LogP contribution is -2.38. The van der Waals surface area contributed by atoms with Crippen molar-refractivity contribution in [2.24, 2.45) is 0 Å². The molecule has 1 atom stereocenters. The third-order valence-corrected chi connectivity index (χ3v) is 5.36.